The fourth-order valence-corrected chi connectivity index (χ4v) is 4.82. The molecule has 4 rings (SSSR count). The molecule has 2 aromatic carbocycles. The van der Waals surface area contributed by atoms with E-state index in [1.807, 2.05) is 60.2 Å². The number of nitrogens with one attached hydrogen (secondary N) is 1. The molecule has 0 fully saturated rings. The highest BCUT2D eigenvalue weighted by Gasteiger charge is 2.15. The molecule has 0 aliphatic carbocycles. The fraction of sp³-hybridized carbons (Fsp3) is 0.217. The lowest BCUT2D eigenvalue weighted by atomic mass is 10.1. The molecule has 4 aromatic rings. The van der Waals surface area contributed by atoms with Gasteiger partial charge in [-0.1, -0.05) is 65.3 Å². The number of benzene rings is 2. The van der Waals surface area contributed by atoms with E-state index in [0.717, 1.165) is 34.3 Å². The second kappa shape index (κ2) is 10.3. The molecule has 2 heterocycles. The highest BCUT2D eigenvalue weighted by molar-refractivity contribution is 7.99. The zero-order valence-electron chi connectivity index (χ0n) is 17.7. The Labute approximate surface area is 200 Å². The summed E-state index contributed by atoms with van der Waals surface area (Å²) in [6.07, 6.45) is 0.658. The molecule has 1 amide bonds. The maximum absolute atomic E-state index is 12.5. The van der Waals surface area contributed by atoms with Crippen LogP contribution in [0.25, 0.3) is 11.3 Å². The van der Waals surface area contributed by atoms with Crippen LogP contribution in [0.2, 0.25) is 5.02 Å². The van der Waals surface area contributed by atoms with Gasteiger partial charge in [0.15, 0.2) is 10.3 Å². The summed E-state index contributed by atoms with van der Waals surface area (Å²) in [5.41, 5.74) is 4.20. The number of hydrogen-bond donors (Lipinski definition) is 1. The molecule has 32 heavy (non-hydrogen) atoms. The quantitative estimate of drug-likeness (QED) is 0.325. The number of amides is 1. The SMILES string of the molecule is CCn1c(Cc2ccc(Cl)cc2)nnc1SCC(=O)Nc1nc(-c2ccc(C)cc2)cs1. The molecule has 0 aliphatic rings. The molecule has 6 nitrogen and oxygen atoms in total. The lowest BCUT2D eigenvalue weighted by Crippen LogP contribution is -2.14. The average Bonchev–Trinajstić information content (AvgIpc) is 3.41. The largest absolute Gasteiger partial charge is 0.306 e. The van der Waals surface area contributed by atoms with E-state index in [-0.39, 0.29) is 11.7 Å². The average molecular weight is 484 g/mol. The lowest BCUT2D eigenvalue weighted by Gasteiger charge is -2.07. The van der Waals surface area contributed by atoms with Crippen molar-refractivity contribution in [1.82, 2.24) is 19.7 Å². The van der Waals surface area contributed by atoms with Crippen molar-refractivity contribution >= 4 is 45.7 Å². The Hall–Kier alpha value is -2.68. The number of aryl methyl sites for hydroxylation is 1. The van der Waals surface area contributed by atoms with Crippen molar-refractivity contribution in [2.75, 3.05) is 11.1 Å². The number of carbonyl (C=O) groups excluding carboxylic acids is 1. The van der Waals surface area contributed by atoms with Gasteiger partial charge in [0, 0.05) is 28.9 Å². The third-order valence-corrected chi connectivity index (χ3v) is 6.79. The van der Waals surface area contributed by atoms with Crippen LogP contribution in [0.3, 0.4) is 0 Å². The van der Waals surface area contributed by atoms with E-state index in [2.05, 4.69) is 32.6 Å². The van der Waals surface area contributed by atoms with Gasteiger partial charge < -0.3 is 9.88 Å². The van der Waals surface area contributed by atoms with E-state index in [1.165, 1.54) is 28.7 Å². The summed E-state index contributed by atoms with van der Waals surface area (Å²) in [4.78, 5) is 17.0. The molecule has 0 aliphatic heterocycles. The summed E-state index contributed by atoms with van der Waals surface area (Å²) in [5, 5.41) is 15.5. The van der Waals surface area contributed by atoms with Gasteiger partial charge in [0.2, 0.25) is 5.91 Å². The van der Waals surface area contributed by atoms with Crippen LogP contribution in [-0.4, -0.2) is 31.4 Å². The number of carbonyl (C=O) groups is 1. The molecule has 0 bridgehead atoms. The number of hydrogen-bond acceptors (Lipinski definition) is 6. The molecule has 0 unspecified atom stereocenters. The van der Waals surface area contributed by atoms with E-state index in [9.17, 15) is 4.79 Å². The predicted octanol–water partition coefficient (Wildman–Crippen LogP) is 5.70. The first-order valence-corrected chi connectivity index (χ1v) is 12.4. The highest BCUT2D eigenvalue weighted by atomic mass is 35.5. The Morgan fingerprint density at radius 1 is 1.12 bits per heavy atom. The Morgan fingerprint density at radius 2 is 1.88 bits per heavy atom. The minimum atomic E-state index is -0.121. The first-order chi connectivity index (χ1) is 15.5. The summed E-state index contributed by atoms with van der Waals surface area (Å²) >= 11 is 8.75. The molecule has 0 atom stereocenters. The van der Waals surface area contributed by atoms with Gasteiger partial charge >= 0.3 is 0 Å². The van der Waals surface area contributed by atoms with E-state index >= 15 is 0 Å². The minimum Gasteiger partial charge on any atom is -0.306 e. The monoisotopic (exact) mass is 483 g/mol. The van der Waals surface area contributed by atoms with Gasteiger partial charge in [-0.15, -0.1) is 21.5 Å². The molecule has 0 saturated heterocycles. The number of thioether (sulfide) groups is 1. The normalized spacial score (nSPS) is 11.0. The van der Waals surface area contributed by atoms with Crippen LogP contribution in [0.4, 0.5) is 5.13 Å². The minimum absolute atomic E-state index is 0.121. The number of thiazole rings is 1. The number of nitrogens with zero attached hydrogens (tertiary/aromatic N) is 4. The molecule has 0 radical (unpaired) electrons. The topological polar surface area (TPSA) is 72.7 Å². The zero-order chi connectivity index (χ0) is 22.5. The third-order valence-electron chi connectivity index (χ3n) is 4.82. The van der Waals surface area contributed by atoms with E-state index in [0.29, 0.717) is 16.6 Å². The molecular weight excluding hydrogens is 462 g/mol. The van der Waals surface area contributed by atoms with Gasteiger partial charge in [-0.2, -0.15) is 0 Å². The van der Waals surface area contributed by atoms with Crippen LogP contribution in [0.5, 0.6) is 0 Å². The summed E-state index contributed by atoms with van der Waals surface area (Å²) in [7, 11) is 0. The number of rotatable bonds is 8. The van der Waals surface area contributed by atoms with Crippen LogP contribution in [0, 0.1) is 6.92 Å². The standard InChI is InChI=1S/C23H22ClN5OS2/c1-3-29-20(12-16-6-10-18(24)11-7-16)27-28-23(29)32-14-21(30)26-22-25-19(13-31-22)17-8-4-15(2)5-9-17/h4-11,13H,3,12,14H2,1-2H3,(H,25,26,30). The molecule has 0 spiro atoms. The number of anilines is 1. The summed E-state index contributed by atoms with van der Waals surface area (Å²) in [6.45, 7) is 4.82. The molecule has 164 valence electrons. The highest BCUT2D eigenvalue weighted by Crippen LogP contribution is 2.26. The van der Waals surface area contributed by atoms with Crippen molar-refractivity contribution in [3.63, 3.8) is 0 Å². The van der Waals surface area contributed by atoms with E-state index < -0.39 is 0 Å². The van der Waals surface area contributed by atoms with Crippen LogP contribution < -0.4 is 5.32 Å². The zero-order valence-corrected chi connectivity index (χ0v) is 20.1. The fourth-order valence-electron chi connectivity index (χ4n) is 3.13. The van der Waals surface area contributed by atoms with E-state index in [4.69, 9.17) is 11.6 Å². The predicted molar refractivity (Wildman–Crippen MR) is 132 cm³/mol. The van der Waals surface area contributed by atoms with Crippen molar-refractivity contribution in [3.8, 4) is 11.3 Å². The van der Waals surface area contributed by atoms with Gasteiger partial charge in [0.1, 0.15) is 5.82 Å². The Bertz CT molecular complexity index is 1200. The van der Waals surface area contributed by atoms with Crippen LogP contribution >= 0.6 is 34.7 Å². The first kappa shape index (κ1) is 22.5. The van der Waals surface area contributed by atoms with Crippen LogP contribution in [0.1, 0.15) is 23.9 Å². The van der Waals surface area contributed by atoms with Crippen LogP contribution in [0.15, 0.2) is 59.1 Å². The summed E-state index contributed by atoms with van der Waals surface area (Å²) in [5.74, 6) is 0.975. The van der Waals surface area contributed by atoms with Gasteiger partial charge in [-0.3, -0.25) is 4.79 Å². The van der Waals surface area contributed by atoms with Crippen molar-refractivity contribution in [1.29, 1.82) is 0 Å². The van der Waals surface area contributed by atoms with Gasteiger partial charge in [0.05, 0.1) is 11.4 Å². The van der Waals surface area contributed by atoms with Crippen LogP contribution in [-0.2, 0) is 17.8 Å². The second-order valence-corrected chi connectivity index (χ2v) is 9.42. The second-order valence-electron chi connectivity index (χ2n) is 7.19. The van der Waals surface area contributed by atoms with Crippen molar-refractivity contribution in [2.45, 2.75) is 32.0 Å². The number of aromatic nitrogens is 4. The maximum Gasteiger partial charge on any atom is 0.236 e. The van der Waals surface area contributed by atoms with Crippen molar-refractivity contribution in [2.24, 2.45) is 0 Å². The summed E-state index contributed by atoms with van der Waals surface area (Å²) in [6, 6.07) is 15.9. The van der Waals surface area contributed by atoms with Gasteiger partial charge in [-0.25, -0.2) is 4.98 Å². The van der Waals surface area contributed by atoms with Gasteiger partial charge in [-0.05, 0) is 31.5 Å². The van der Waals surface area contributed by atoms with Gasteiger partial charge in [0.25, 0.3) is 0 Å². The molecule has 1 N–H and O–H groups in total. The smallest absolute Gasteiger partial charge is 0.236 e. The Kier molecular flexibility index (Phi) is 7.24. The van der Waals surface area contributed by atoms with Crippen molar-refractivity contribution < 1.29 is 4.79 Å². The molecular formula is C23H22ClN5OS2. The Balaban J connectivity index is 1.35. The number of halogens is 1. The summed E-state index contributed by atoms with van der Waals surface area (Å²) < 4.78 is 2.03. The van der Waals surface area contributed by atoms with Crippen molar-refractivity contribution in [3.05, 3.63) is 75.9 Å². The third kappa shape index (κ3) is 5.56. The lowest BCUT2D eigenvalue weighted by molar-refractivity contribution is -0.113. The van der Waals surface area contributed by atoms with E-state index in [1.54, 1.807) is 0 Å². The first-order valence-electron chi connectivity index (χ1n) is 10.1. The Morgan fingerprint density at radius 3 is 2.59 bits per heavy atom. The maximum atomic E-state index is 12.5. The molecule has 0 saturated carbocycles. The molecule has 2 aromatic heterocycles. The molecule has 9 heteroatoms.